The molecule has 3 nitrogen and oxygen atoms in total. The minimum atomic E-state index is 0.303. The molecule has 1 heterocycles. The fraction of sp³-hybridized carbons (Fsp3) is 0.812. The first-order valence-electron chi connectivity index (χ1n) is 8.01. The highest BCUT2D eigenvalue weighted by Crippen LogP contribution is 2.43. The van der Waals surface area contributed by atoms with E-state index in [2.05, 4.69) is 17.2 Å². The maximum atomic E-state index is 6.05. The highest BCUT2D eigenvalue weighted by Gasteiger charge is 2.37. The van der Waals surface area contributed by atoms with Crippen molar-refractivity contribution < 1.29 is 4.42 Å². The quantitative estimate of drug-likeness (QED) is 0.763. The van der Waals surface area contributed by atoms with Gasteiger partial charge in [0.25, 0.3) is 0 Å². The van der Waals surface area contributed by atoms with E-state index in [0.717, 1.165) is 37.1 Å². The molecule has 0 aliphatic heterocycles. The number of aryl methyl sites for hydroxylation is 1. The van der Waals surface area contributed by atoms with Gasteiger partial charge in [-0.3, -0.25) is 0 Å². The molecule has 0 spiro atoms. The zero-order valence-electron chi connectivity index (χ0n) is 12.1. The third-order valence-corrected chi connectivity index (χ3v) is 4.89. The van der Waals surface area contributed by atoms with Crippen LogP contribution < -0.4 is 5.32 Å². The van der Waals surface area contributed by atoms with Gasteiger partial charge in [0.05, 0.1) is 6.20 Å². The molecule has 0 bridgehead atoms. The Morgan fingerprint density at radius 3 is 2.84 bits per heavy atom. The van der Waals surface area contributed by atoms with Crippen molar-refractivity contribution in [2.24, 2.45) is 0 Å². The van der Waals surface area contributed by atoms with Crippen molar-refractivity contribution in [3.8, 4) is 0 Å². The van der Waals surface area contributed by atoms with Gasteiger partial charge < -0.3 is 9.73 Å². The number of rotatable bonds is 7. The van der Waals surface area contributed by atoms with Gasteiger partial charge in [-0.05, 0) is 45.1 Å². The summed E-state index contributed by atoms with van der Waals surface area (Å²) in [5.41, 5.74) is 0.303. The monoisotopic (exact) mass is 262 g/mol. The molecule has 1 aromatic heterocycles. The lowest BCUT2D eigenvalue weighted by atomic mass is 9.81. The average Bonchev–Trinajstić information content (AvgIpc) is 2.94. The summed E-state index contributed by atoms with van der Waals surface area (Å²) in [6, 6.07) is 0.807. The number of hydrogen-bond donors (Lipinski definition) is 1. The summed E-state index contributed by atoms with van der Waals surface area (Å²) >= 11 is 0. The summed E-state index contributed by atoms with van der Waals surface area (Å²) in [7, 11) is 0. The second-order valence-electron chi connectivity index (χ2n) is 6.29. The molecule has 3 heteroatoms. The van der Waals surface area contributed by atoms with Crippen LogP contribution in [0.3, 0.4) is 0 Å². The van der Waals surface area contributed by atoms with Crippen molar-refractivity contribution in [2.45, 2.75) is 76.2 Å². The molecular weight excluding hydrogens is 236 g/mol. The van der Waals surface area contributed by atoms with E-state index in [0.29, 0.717) is 5.41 Å². The van der Waals surface area contributed by atoms with E-state index in [9.17, 15) is 0 Å². The molecule has 106 valence electrons. The van der Waals surface area contributed by atoms with Crippen LogP contribution in [-0.4, -0.2) is 17.6 Å². The Kier molecular flexibility index (Phi) is 3.92. The van der Waals surface area contributed by atoms with Crippen LogP contribution in [0.1, 0.15) is 69.9 Å². The van der Waals surface area contributed by atoms with Crippen LogP contribution in [-0.2, 0) is 11.8 Å². The average molecular weight is 262 g/mol. The lowest BCUT2D eigenvalue weighted by Crippen LogP contribution is -2.19. The van der Waals surface area contributed by atoms with E-state index in [4.69, 9.17) is 4.42 Å². The molecule has 1 N–H and O–H groups in total. The second kappa shape index (κ2) is 5.66. The third kappa shape index (κ3) is 3.02. The topological polar surface area (TPSA) is 38.1 Å². The van der Waals surface area contributed by atoms with E-state index in [1.165, 1.54) is 44.9 Å². The molecule has 0 amide bonds. The Bertz CT molecular complexity index is 403. The van der Waals surface area contributed by atoms with E-state index in [1.54, 1.807) is 0 Å². The van der Waals surface area contributed by atoms with Gasteiger partial charge in [-0.1, -0.05) is 19.8 Å². The third-order valence-electron chi connectivity index (χ3n) is 4.89. The number of oxazole rings is 1. The van der Waals surface area contributed by atoms with Gasteiger partial charge in [0.1, 0.15) is 5.76 Å². The molecule has 0 atom stereocenters. The van der Waals surface area contributed by atoms with Crippen molar-refractivity contribution >= 4 is 0 Å². The van der Waals surface area contributed by atoms with Gasteiger partial charge in [-0.15, -0.1) is 0 Å². The number of nitrogens with zero attached hydrogens (tertiary/aromatic N) is 1. The van der Waals surface area contributed by atoms with Gasteiger partial charge in [0, 0.05) is 17.9 Å². The van der Waals surface area contributed by atoms with Crippen LogP contribution in [0.15, 0.2) is 10.6 Å². The lowest BCUT2D eigenvalue weighted by molar-refractivity contribution is 0.315. The summed E-state index contributed by atoms with van der Waals surface area (Å²) in [5.74, 6) is 2.09. The molecule has 3 rings (SSSR count). The van der Waals surface area contributed by atoms with Crippen LogP contribution in [0, 0.1) is 0 Å². The van der Waals surface area contributed by atoms with E-state index in [-0.39, 0.29) is 0 Å². The number of aromatic nitrogens is 1. The maximum Gasteiger partial charge on any atom is 0.194 e. The van der Waals surface area contributed by atoms with E-state index < -0.39 is 0 Å². The summed E-state index contributed by atoms with van der Waals surface area (Å²) in [6.07, 6.45) is 13.3. The highest BCUT2D eigenvalue weighted by molar-refractivity contribution is 5.13. The summed E-state index contributed by atoms with van der Waals surface area (Å²) < 4.78 is 6.05. The Morgan fingerprint density at radius 2 is 2.16 bits per heavy atom. The molecule has 2 fully saturated rings. The van der Waals surface area contributed by atoms with Crippen LogP contribution in [0.4, 0.5) is 0 Å². The van der Waals surface area contributed by atoms with Crippen LogP contribution in [0.2, 0.25) is 0 Å². The largest absolute Gasteiger partial charge is 0.445 e. The molecule has 0 aromatic carbocycles. The van der Waals surface area contributed by atoms with Crippen molar-refractivity contribution in [2.75, 3.05) is 6.54 Å². The summed E-state index contributed by atoms with van der Waals surface area (Å²) in [4.78, 5) is 4.49. The number of hydrogen-bond acceptors (Lipinski definition) is 3. The van der Waals surface area contributed by atoms with Gasteiger partial charge in [0.15, 0.2) is 5.89 Å². The maximum absolute atomic E-state index is 6.05. The number of nitrogens with one attached hydrogen (secondary N) is 1. The zero-order valence-corrected chi connectivity index (χ0v) is 12.1. The van der Waals surface area contributed by atoms with Gasteiger partial charge in [0.2, 0.25) is 0 Å². The van der Waals surface area contributed by atoms with Crippen molar-refractivity contribution in [3.63, 3.8) is 0 Å². The summed E-state index contributed by atoms with van der Waals surface area (Å²) in [6.45, 7) is 3.38. The molecule has 19 heavy (non-hydrogen) atoms. The van der Waals surface area contributed by atoms with Crippen molar-refractivity contribution in [3.05, 3.63) is 17.8 Å². The summed E-state index contributed by atoms with van der Waals surface area (Å²) in [5, 5.41) is 3.54. The van der Waals surface area contributed by atoms with Crippen molar-refractivity contribution in [1.82, 2.24) is 10.3 Å². The Morgan fingerprint density at radius 1 is 1.37 bits per heavy atom. The molecular formula is C16H26N2O. The lowest BCUT2D eigenvalue weighted by Gasteiger charge is -2.23. The minimum Gasteiger partial charge on any atom is -0.445 e. The van der Waals surface area contributed by atoms with Crippen molar-refractivity contribution in [1.29, 1.82) is 0 Å². The molecule has 1 aromatic rings. The molecule has 0 saturated heterocycles. The Hall–Kier alpha value is -0.830. The Labute approximate surface area is 116 Å². The van der Waals surface area contributed by atoms with Gasteiger partial charge >= 0.3 is 0 Å². The van der Waals surface area contributed by atoms with E-state index >= 15 is 0 Å². The second-order valence-corrected chi connectivity index (χ2v) is 6.29. The first-order valence-corrected chi connectivity index (χ1v) is 8.01. The van der Waals surface area contributed by atoms with Crippen LogP contribution >= 0.6 is 0 Å². The molecule has 2 aliphatic carbocycles. The predicted molar refractivity (Wildman–Crippen MR) is 76.3 cm³/mol. The van der Waals surface area contributed by atoms with Gasteiger partial charge in [-0.2, -0.15) is 0 Å². The Balaban J connectivity index is 1.52. The minimum absolute atomic E-state index is 0.303. The zero-order chi connectivity index (χ0) is 13.1. The SMILES string of the molecule is CCC1(c2cnc(CCCNC3CC3)o2)CCCC1. The van der Waals surface area contributed by atoms with Crippen LogP contribution in [0.25, 0.3) is 0 Å². The molecule has 2 aliphatic rings. The van der Waals surface area contributed by atoms with Gasteiger partial charge in [-0.25, -0.2) is 4.98 Å². The standard InChI is InChI=1S/C16H26N2O/c1-2-16(9-3-4-10-16)14-12-18-15(19-14)6-5-11-17-13-7-8-13/h12-13,17H,2-11H2,1H3. The smallest absolute Gasteiger partial charge is 0.194 e. The molecule has 0 radical (unpaired) electrons. The van der Waals surface area contributed by atoms with Crippen LogP contribution in [0.5, 0.6) is 0 Å². The molecule has 2 saturated carbocycles. The predicted octanol–water partition coefficient (Wildman–Crippen LogP) is 3.58. The fourth-order valence-electron chi connectivity index (χ4n) is 3.33. The van der Waals surface area contributed by atoms with E-state index in [1.807, 2.05) is 6.20 Å². The first-order chi connectivity index (χ1) is 9.32. The normalized spacial score (nSPS) is 21.9. The fourth-order valence-corrected chi connectivity index (χ4v) is 3.33. The highest BCUT2D eigenvalue weighted by atomic mass is 16.4. The first kappa shape index (κ1) is 13.2. The molecule has 0 unspecified atom stereocenters.